The molecule has 17 heavy (non-hydrogen) atoms. The SMILES string of the molecule is CC/C(=C\CC/C(C)=C/CO)CCC=C(C)C. The van der Waals surface area contributed by atoms with Crippen LogP contribution in [0.4, 0.5) is 0 Å². The topological polar surface area (TPSA) is 20.2 Å². The van der Waals surface area contributed by atoms with Crippen LogP contribution >= 0.6 is 0 Å². The van der Waals surface area contributed by atoms with E-state index in [9.17, 15) is 0 Å². The molecular formula is C16H28O. The van der Waals surface area contributed by atoms with Crippen LogP contribution in [0.5, 0.6) is 0 Å². The summed E-state index contributed by atoms with van der Waals surface area (Å²) in [4.78, 5) is 0. The van der Waals surface area contributed by atoms with Crippen molar-refractivity contribution >= 4 is 0 Å². The van der Waals surface area contributed by atoms with Crippen molar-refractivity contribution in [2.45, 2.75) is 59.8 Å². The Bertz CT molecular complexity index is 278. The van der Waals surface area contributed by atoms with Crippen LogP contribution in [0.25, 0.3) is 0 Å². The molecule has 1 heteroatoms. The predicted molar refractivity (Wildman–Crippen MR) is 77.1 cm³/mol. The molecule has 1 N–H and O–H groups in total. The summed E-state index contributed by atoms with van der Waals surface area (Å²) in [6.07, 6.45) is 12.2. The summed E-state index contributed by atoms with van der Waals surface area (Å²) < 4.78 is 0. The minimum atomic E-state index is 0.163. The first-order valence-corrected chi connectivity index (χ1v) is 6.67. The van der Waals surface area contributed by atoms with Crippen LogP contribution in [0.2, 0.25) is 0 Å². The van der Waals surface area contributed by atoms with Gasteiger partial charge in [-0.3, -0.25) is 0 Å². The van der Waals surface area contributed by atoms with Gasteiger partial charge in [0.15, 0.2) is 0 Å². The Kier molecular flexibility index (Phi) is 9.84. The Morgan fingerprint density at radius 3 is 2.12 bits per heavy atom. The van der Waals surface area contributed by atoms with E-state index in [0.717, 1.165) is 25.7 Å². The van der Waals surface area contributed by atoms with E-state index in [1.807, 2.05) is 6.08 Å². The summed E-state index contributed by atoms with van der Waals surface area (Å²) in [5.41, 5.74) is 4.24. The molecule has 0 heterocycles. The van der Waals surface area contributed by atoms with Gasteiger partial charge < -0.3 is 5.11 Å². The fourth-order valence-corrected chi connectivity index (χ4v) is 1.73. The molecule has 0 bridgehead atoms. The summed E-state index contributed by atoms with van der Waals surface area (Å²) in [7, 11) is 0. The van der Waals surface area contributed by atoms with E-state index in [0.29, 0.717) is 0 Å². The molecule has 0 aliphatic rings. The molecule has 0 aromatic rings. The van der Waals surface area contributed by atoms with Gasteiger partial charge in [-0.15, -0.1) is 0 Å². The highest BCUT2D eigenvalue weighted by atomic mass is 16.2. The quantitative estimate of drug-likeness (QED) is 0.601. The Hall–Kier alpha value is -0.820. The molecule has 0 amide bonds. The lowest BCUT2D eigenvalue weighted by Crippen LogP contribution is -1.84. The second kappa shape index (κ2) is 10.3. The van der Waals surface area contributed by atoms with Gasteiger partial charge >= 0.3 is 0 Å². The Morgan fingerprint density at radius 1 is 0.941 bits per heavy atom. The number of aliphatic hydroxyl groups is 1. The highest BCUT2D eigenvalue weighted by molar-refractivity contribution is 5.07. The second-order valence-corrected chi connectivity index (χ2v) is 4.81. The Balaban J connectivity index is 4.01. The molecule has 0 aromatic carbocycles. The molecule has 1 nitrogen and oxygen atoms in total. The van der Waals surface area contributed by atoms with Crippen LogP contribution in [0.15, 0.2) is 34.9 Å². The zero-order valence-corrected chi connectivity index (χ0v) is 11.9. The molecule has 0 rings (SSSR count). The average Bonchev–Trinajstić information content (AvgIpc) is 2.27. The largest absolute Gasteiger partial charge is 0.392 e. The molecule has 0 radical (unpaired) electrons. The fraction of sp³-hybridized carbons (Fsp3) is 0.625. The van der Waals surface area contributed by atoms with Crippen molar-refractivity contribution in [1.82, 2.24) is 0 Å². The van der Waals surface area contributed by atoms with Gasteiger partial charge in [0.05, 0.1) is 6.61 Å². The minimum absolute atomic E-state index is 0.163. The third-order valence-electron chi connectivity index (χ3n) is 2.88. The molecule has 0 spiro atoms. The molecule has 0 saturated carbocycles. The molecule has 0 aliphatic heterocycles. The maximum absolute atomic E-state index is 8.76. The van der Waals surface area contributed by atoms with Crippen molar-refractivity contribution in [2.24, 2.45) is 0 Å². The number of aliphatic hydroxyl groups excluding tert-OH is 1. The predicted octanol–water partition coefficient (Wildman–Crippen LogP) is 4.79. The van der Waals surface area contributed by atoms with Crippen molar-refractivity contribution in [2.75, 3.05) is 6.61 Å². The van der Waals surface area contributed by atoms with Crippen LogP contribution in [-0.2, 0) is 0 Å². The van der Waals surface area contributed by atoms with E-state index >= 15 is 0 Å². The van der Waals surface area contributed by atoms with Crippen molar-refractivity contribution in [3.05, 3.63) is 34.9 Å². The second-order valence-electron chi connectivity index (χ2n) is 4.81. The highest BCUT2D eigenvalue weighted by Crippen LogP contribution is 2.14. The smallest absolute Gasteiger partial charge is 0.0614 e. The zero-order chi connectivity index (χ0) is 13.1. The van der Waals surface area contributed by atoms with Gasteiger partial charge in [-0.25, -0.2) is 0 Å². The number of hydrogen-bond acceptors (Lipinski definition) is 1. The lowest BCUT2D eigenvalue weighted by molar-refractivity contribution is 0.341. The summed E-state index contributed by atoms with van der Waals surface area (Å²) in [5, 5.41) is 8.76. The van der Waals surface area contributed by atoms with Gasteiger partial charge in [-0.05, 0) is 52.9 Å². The van der Waals surface area contributed by atoms with E-state index in [2.05, 4.69) is 39.8 Å². The van der Waals surface area contributed by atoms with Gasteiger partial charge in [-0.2, -0.15) is 0 Å². The summed E-state index contributed by atoms with van der Waals surface area (Å²) in [5.74, 6) is 0. The lowest BCUT2D eigenvalue weighted by atomic mass is 10.0. The average molecular weight is 236 g/mol. The maximum atomic E-state index is 8.76. The molecule has 0 aliphatic carbocycles. The number of allylic oxidation sites excluding steroid dienone is 5. The van der Waals surface area contributed by atoms with Crippen LogP contribution in [0, 0.1) is 0 Å². The first-order valence-electron chi connectivity index (χ1n) is 6.67. The highest BCUT2D eigenvalue weighted by Gasteiger charge is 1.94. The third-order valence-corrected chi connectivity index (χ3v) is 2.88. The monoisotopic (exact) mass is 236 g/mol. The first-order chi connectivity index (χ1) is 8.10. The number of rotatable bonds is 8. The van der Waals surface area contributed by atoms with E-state index < -0.39 is 0 Å². The van der Waals surface area contributed by atoms with Crippen LogP contribution in [0.1, 0.15) is 59.8 Å². The van der Waals surface area contributed by atoms with Crippen molar-refractivity contribution in [3.63, 3.8) is 0 Å². The standard InChI is InChI=1S/C16H28O/c1-5-16(10-6-8-14(2)3)11-7-9-15(4)12-13-17/h8,11-12,17H,5-7,9-10,13H2,1-4H3/b15-12+,16-11+. The van der Waals surface area contributed by atoms with E-state index in [4.69, 9.17) is 5.11 Å². The van der Waals surface area contributed by atoms with Crippen LogP contribution < -0.4 is 0 Å². The van der Waals surface area contributed by atoms with E-state index in [1.165, 1.54) is 17.6 Å². The zero-order valence-electron chi connectivity index (χ0n) is 11.9. The van der Waals surface area contributed by atoms with E-state index in [-0.39, 0.29) is 6.61 Å². The van der Waals surface area contributed by atoms with Crippen molar-refractivity contribution in [3.8, 4) is 0 Å². The lowest BCUT2D eigenvalue weighted by Gasteiger charge is -2.04. The minimum Gasteiger partial charge on any atom is -0.392 e. The summed E-state index contributed by atoms with van der Waals surface area (Å²) in [6, 6.07) is 0. The van der Waals surface area contributed by atoms with Crippen molar-refractivity contribution < 1.29 is 5.11 Å². The van der Waals surface area contributed by atoms with Gasteiger partial charge in [0.2, 0.25) is 0 Å². The molecular weight excluding hydrogens is 208 g/mol. The molecule has 0 saturated heterocycles. The summed E-state index contributed by atoms with van der Waals surface area (Å²) in [6.45, 7) is 8.77. The van der Waals surface area contributed by atoms with Gasteiger partial charge in [0.25, 0.3) is 0 Å². The third kappa shape index (κ3) is 10.1. The molecule has 0 fully saturated rings. The van der Waals surface area contributed by atoms with Gasteiger partial charge in [-0.1, -0.05) is 41.9 Å². The fourth-order valence-electron chi connectivity index (χ4n) is 1.73. The summed E-state index contributed by atoms with van der Waals surface area (Å²) >= 11 is 0. The van der Waals surface area contributed by atoms with Gasteiger partial charge in [0.1, 0.15) is 0 Å². The van der Waals surface area contributed by atoms with Crippen LogP contribution in [0.3, 0.4) is 0 Å². The maximum Gasteiger partial charge on any atom is 0.0614 e. The normalized spacial score (nSPS) is 12.8. The molecule has 0 aromatic heterocycles. The van der Waals surface area contributed by atoms with Gasteiger partial charge in [0, 0.05) is 0 Å². The molecule has 98 valence electrons. The Morgan fingerprint density at radius 2 is 1.59 bits per heavy atom. The van der Waals surface area contributed by atoms with Crippen molar-refractivity contribution in [1.29, 1.82) is 0 Å². The Labute approximate surface area is 107 Å². The molecule has 0 atom stereocenters. The molecule has 0 unspecified atom stereocenters. The van der Waals surface area contributed by atoms with Crippen LogP contribution in [-0.4, -0.2) is 11.7 Å². The van der Waals surface area contributed by atoms with E-state index in [1.54, 1.807) is 5.57 Å². The number of hydrogen-bond donors (Lipinski definition) is 1. The first kappa shape index (κ1) is 16.2.